The van der Waals surface area contributed by atoms with Crippen LogP contribution >= 0.6 is 12.4 Å². The molecule has 2 fully saturated rings. The van der Waals surface area contributed by atoms with Crippen LogP contribution < -0.4 is 10.6 Å². The van der Waals surface area contributed by atoms with Crippen LogP contribution in [0.5, 0.6) is 0 Å². The van der Waals surface area contributed by atoms with Crippen LogP contribution in [0.25, 0.3) is 0 Å². The molecule has 6 heteroatoms. The van der Waals surface area contributed by atoms with Gasteiger partial charge in [0.15, 0.2) is 0 Å². The Balaban J connectivity index is 0.00000225. The lowest BCUT2D eigenvalue weighted by Gasteiger charge is -2.25. The highest BCUT2D eigenvalue weighted by atomic mass is 35.5. The number of rotatable bonds is 4. The SMILES string of the molecule is Cc1cccc(C)c1NC(=O)CN(C)C(=O)C1CC12CCNCC2.Cl. The van der Waals surface area contributed by atoms with Gasteiger partial charge in [-0.25, -0.2) is 0 Å². The van der Waals surface area contributed by atoms with E-state index in [0.29, 0.717) is 0 Å². The smallest absolute Gasteiger partial charge is 0.243 e. The molecule has 2 amide bonds. The van der Waals surface area contributed by atoms with Crippen molar-refractivity contribution in [2.45, 2.75) is 33.1 Å². The summed E-state index contributed by atoms with van der Waals surface area (Å²) >= 11 is 0. The number of hydrogen-bond acceptors (Lipinski definition) is 3. The Kier molecular flexibility index (Phi) is 6.12. The molecule has 1 aliphatic carbocycles. The Labute approximate surface area is 155 Å². The van der Waals surface area contributed by atoms with Crippen LogP contribution in [0.15, 0.2) is 18.2 Å². The number of anilines is 1. The highest BCUT2D eigenvalue weighted by Gasteiger charge is 2.58. The summed E-state index contributed by atoms with van der Waals surface area (Å²) in [6, 6.07) is 5.92. The number of nitrogens with zero attached hydrogens (tertiary/aromatic N) is 1. The van der Waals surface area contributed by atoms with Gasteiger partial charge in [0.25, 0.3) is 0 Å². The van der Waals surface area contributed by atoms with Gasteiger partial charge in [0.2, 0.25) is 11.8 Å². The molecular weight excluding hydrogens is 338 g/mol. The summed E-state index contributed by atoms with van der Waals surface area (Å²) in [7, 11) is 1.74. The van der Waals surface area contributed by atoms with Gasteiger partial charge in [-0.3, -0.25) is 9.59 Å². The van der Waals surface area contributed by atoms with Crippen molar-refractivity contribution < 1.29 is 9.59 Å². The van der Waals surface area contributed by atoms with Gasteiger partial charge in [-0.05, 0) is 62.7 Å². The number of carbonyl (C=O) groups is 2. The van der Waals surface area contributed by atoms with Gasteiger partial charge in [0, 0.05) is 18.7 Å². The molecule has 1 aromatic rings. The number of amides is 2. The molecule has 2 aliphatic rings. The highest BCUT2D eigenvalue weighted by molar-refractivity contribution is 5.96. The third-order valence-corrected chi connectivity index (χ3v) is 5.59. The van der Waals surface area contributed by atoms with Crippen molar-refractivity contribution in [2.75, 3.05) is 32.0 Å². The van der Waals surface area contributed by atoms with E-state index in [4.69, 9.17) is 0 Å². The number of carbonyl (C=O) groups excluding carboxylic acids is 2. The molecular formula is C19H28ClN3O2. The van der Waals surface area contributed by atoms with Crippen molar-refractivity contribution in [3.63, 3.8) is 0 Å². The number of hydrogen-bond donors (Lipinski definition) is 2. The van der Waals surface area contributed by atoms with Gasteiger partial charge >= 0.3 is 0 Å². The van der Waals surface area contributed by atoms with E-state index in [1.807, 2.05) is 32.0 Å². The monoisotopic (exact) mass is 365 g/mol. The van der Waals surface area contributed by atoms with Crippen LogP contribution in [-0.2, 0) is 9.59 Å². The van der Waals surface area contributed by atoms with Crippen molar-refractivity contribution in [1.29, 1.82) is 0 Å². The average molecular weight is 366 g/mol. The number of para-hydroxylation sites is 1. The fourth-order valence-corrected chi connectivity index (χ4v) is 3.92. The number of nitrogens with one attached hydrogen (secondary N) is 2. The summed E-state index contributed by atoms with van der Waals surface area (Å²) in [5.41, 5.74) is 3.13. The fraction of sp³-hybridized carbons (Fsp3) is 0.579. The summed E-state index contributed by atoms with van der Waals surface area (Å²) in [4.78, 5) is 26.5. The molecule has 1 atom stereocenters. The molecule has 5 nitrogen and oxygen atoms in total. The summed E-state index contributed by atoms with van der Waals surface area (Å²) in [6.07, 6.45) is 3.13. The highest BCUT2D eigenvalue weighted by Crippen LogP contribution is 2.59. The zero-order valence-electron chi connectivity index (χ0n) is 15.2. The lowest BCUT2D eigenvalue weighted by molar-refractivity contribution is -0.135. The van der Waals surface area contributed by atoms with Gasteiger partial charge in [-0.15, -0.1) is 12.4 Å². The number of benzene rings is 1. The second-order valence-electron chi connectivity index (χ2n) is 7.38. The second-order valence-corrected chi connectivity index (χ2v) is 7.38. The standard InChI is InChI=1S/C19H27N3O2.ClH/c1-13-5-4-6-14(2)17(13)21-16(23)12-22(3)18(24)15-11-19(15)7-9-20-10-8-19;/h4-6,15,20H,7-12H2,1-3H3,(H,21,23);1H. The normalized spacial score (nSPS) is 20.5. The topological polar surface area (TPSA) is 61.4 Å². The maximum Gasteiger partial charge on any atom is 0.243 e. The molecule has 1 spiro atoms. The van der Waals surface area contributed by atoms with Crippen molar-refractivity contribution in [3.8, 4) is 0 Å². The molecule has 2 N–H and O–H groups in total. The Morgan fingerprint density at radius 2 is 1.84 bits per heavy atom. The second kappa shape index (κ2) is 7.75. The molecule has 0 radical (unpaired) electrons. The lowest BCUT2D eigenvalue weighted by Crippen LogP contribution is -2.38. The van der Waals surface area contributed by atoms with Crippen LogP contribution in [0.3, 0.4) is 0 Å². The largest absolute Gasteiger partial charge is 0.336 e. The van der Waals surface area contributed by atoms with E-state index in [2.05, 4.69) is 10.6 Å². The lowest BCUT2D eigenvalue weighted by atomic mass is 9.91. The van der Waals surface area contributed by atoms with E-state index < -0.39 is 0 Å². The van der Waals surface area contributed by atoms with Crippen LogP contribution in [-0.4, -0.2) is 43.4 Å². The van der Waals surface area contributed by atoms with Crippen molar-refractivity contribution in [2.24, 2.45) is 11.3 Å². The van der Waals surface area contributed by atoms with Crippen molar-refractivity contribution in [1.82, 2.24) is 10.2 Å². The summed E-state index contributed by atoms with van der Waals surface area (Å²) in [5.74, 6) is 0.0920. The Morgan fingerprint density at radius 3 is 2.44 bits per heavy atom. The molecule has 1 heterocycles. The van der Waals surface area contributed by atoms with E-state index in [1.54, 1.807) is 11.9 Å². The van der Waals surface area contributed by atoms with Crippen LogP contribution in [0.4, 0.5) is 5.69 Å². The molecule has 25 heavy (non-hydrogen) atoms. The first kappa shape index (κ1) is 19.7. The first-order valence-electron chi connectivity index (χ1n) is 8.75. The zero-order valence-corrected chi connectivity index (χ0v) is 16.0. The zero-order chi connectivity index (χ0) is 17.3. The maximum atomic E-state index is 12.6. The molecule has 1 unspecified atom stereocenters. The van der Waals surface area contributed by atoms with Crippen molar-refractivity contribution in [3.05, 3.63) is 29.3 Å². The predicted octanol–water partition coefficient (Wildman–Crippen LogP) is 2.51. The van der Waals surface area contributed by atoms with E-state index in [9.17, 15) is 9.59 Å². The molecule has 0 aromatic heterocycles. The number of aryl methyl sites for hydroxylation is 2. The summed E-state index contributed by atoms with van der Waals surface area (Å²) in [5, 5.41) is 6.30. The fourth-order valence-electron chi connectivity index (χ4n) is 3.92. The van der Waals surface area contributed by atoms with Gasteiger partial charge in [0.05, 0.1) is 6.54 Å². The summed E-state index contributed by atoms with van der Waals surface area (Å²) < 4.78 is 0. The third-order valence-electron chi connectivity index (χ3n) is 5.59. The first-order valence-corrected chi connectivity index (χ1v) is 8.75. The Morgan fingerprint density at radius 1 is 1.24 bits per heavy atom. The molecule has 1 saturated heterocycles. The summed E-state index contributed by atoms with van der Waals surface area (Å²) in [6.45, 7) is 6.06. The molecule has 1 aliphatic heterocycles. The molecule has 138 valence electrons. The molecule has 1 saturated carbocycles. The Bertz CT molecular complexity index is 636. The first-order chi connectivity index (χ1) is 11.4. The third kappa shape index (κ3) is 4.15. The number of halogens is 1. The maximum absolute atomic E-state index is 12.6. The van der Waals surface area contributed by atoms with Gasteiger partial charge in [-0.2, -0.15) is 0 Å². The minimum Gasteiger partial charge on any atom is -0.336 e. The van der Waals surface area contributed by atoms with Crippen LogP contribution in [0.2, 0.25) is 0 Å². The average Bonchev–Trinajstić information content (AvgIpc) is 3.24. The van der Waals surface area contributed by atoms with E-state index in [1.165, 1.54) is 0 Å². The molecule has 3 rings (SSSR count). The minimum absolute atomic E-state index is 0. The van der Waals surface area contributed by atoms with Crippen molar-refractivity contribution >= 4 is 29.9 Å². The van der Waals surface area contributed by atoms with Crippen LogP contribution in [0, 0.1) is 25.2 Å². The quantitative estimate of drug-likeness (QED) is 0.861. The minimum atomic E-state index is -0.136. The number of piperidine rings is 1. The molecule has 1 aromatic carbocycles. The number of likely N-dealkylation sites (N-methyl/N-ethyl adjacent to an activating group) is 1. The van der Waals surface area contributed by atoms with Crippen LogP contribution in [0.1, 0.15) is 30.4 Å². The van der Waals surface area contributed by atoms with E-state index >= 15 is 0 Å². The van der Waals surface area contributed by atoms with Gasteiger partial charge in [-0.1, -0.05) is 18.2 Å². The Hall–Kier alpha value is -1.59. The van der Waals surface area contributed by atoms with E-state index in [0.717, 1.165) is 49.2 Å². The van der Waals surface area contributed by atoms with Gasteiger partial charge < -0.3 is 15.5 Å². The van der Waals surface area contributed by atoms with E-state index in [-0.39, 0.29) is 42.1 Å². The van der Waals surface area contributed by atoms with Gasteiger partial charge in [0.1, 0.15) is 0 Å². The predicted molar refractivity (Wildman–Crippen MR) is 102 cm³/mol. The molecule has 0 bridgehead atoms.